The quantitative estimate of drug-likeness (QED) is 0.651. The van der Waals surface area contributed by atoms with Crippen molar-refractivity contribution in [2.45, 2.75) is 6.54 Å². The summed E-state index contributed by atoms with van der Waals surface area (Å²) in [7, 11) is 3.16. The molecule has 2 aromatic rings. The lowest BCUT2D eigenvalue weighted by molar-refractivity contribution is -0.380. The minimum absolute atomic E-state index is 0.00851. The van der Waals surface area contributed by atoms with Crippen molar-refractivity contribution in [2.75, 3.05) is 19.5 Å². The molecule has 0 aliphatic rings. The number of hydrogen-bond donors (Lipinski definition) is 1. The number of ether oxygens (including phenoxy) is 2. The van der Waals surface area contributed by atoms with Gasteiger partial charge in [0.25, 0.3) is 0 Å². The topological polar surface area (TPSA) is 86.5 Å². The highest BCUT2D eigenvalue weighted by atomic mass is 32.1. The monoisotopic (exact) mass is 295 g/mol. The molecular weight excluding hydrogens is 282 g/mol. The molecule has 0 saturated heterocycles. The van der Waals surface area contributed by atoms with Crippen LogP contribution in [0.3, 0.4) is 0 Å². The van der Waals surface area contributed by atoms with E-state index in [0.717, 1.165) is 16.9 Å². The van der Waals surface area contributed by atoms with Gasteiger partial charge in [-0.1, -0.05) is 0 Å². The van der Waals surface area contributed by atoms with E-state index in [-0.39, 0.29) is 5.00 Å². The lowest BCUT2D eigenvalue weighted by Gasteiger charge is -2.10. The molecule has 0 radical (unpaired) electrons. The van der Waals surface area contributed by atoms with Crippen molar-refractivity contribution < 1.29 is 14.4 Å². The Kier molecular flexibility index (Phi) is 4.36. The molecule has 1 aromatic heterocycles. The summed E-state index contributed by atoms with van der Waals surface area (Å²) >= 11 is 0.995. The maximum absolute atomic E-state index is 10.6. The molecule has 0 aliphatic carbocycles. The summed E-state index contributed by atoms with van der Waals surface area (Å²) in [5.74, 6) is 1.39. The Morgan fingerprint density at radius 1 is 1.40 bits per heavy atom. The molecule has 0 unspecified atom stereocenters. The Hall–Kier alpha value is -2.35. The number of nitrogens with zero attached hydrogens (tertiary/aromatic N) is 2. The Morgan fingerprint density at radius 3 is 2.80 bits per heavy atom. The Morgan fingerprint density at radius 2 is 2.20 bits per heavy atom. The average Bonchev–Trinajstić information content (AvgIpc) is 2.94. The van der Waals surface area contributed by atoms with E-state index in [9.17, 15) is 10.1 Å². The highest BCUT2D eigenvalue weighted by Crippen LogP contribution is 2.28. The van der Waals surface area contributed by atoms with Crippen LogP contribution in [-0.4, -0.2) is 24.1 Å². The third kappa shape index (κ3) is 3.15. The lowest BCUT2D eigenvalue weighted by Crippen LogP contribution is -2.01. The summed E-state index contributed by atoms with van der Waals surface area (Å²) in [6.45, 7) is 0.456. The van der Waals surface area contributed by atoms with E-state index < -0.39 is 4.92 Å². The maximum atomic E-state index is 10.6. The van der Waals surface area contributed by atoms with Crippen LogP contribution in [0.25, 0.3) is 0 Å². The SMILES string of the molecule is COc1ccc(CNc2ncc([N+](=O)[O-])s2)c(OC)c1. The molecule has 20 heavy (non-hydrogen) atoms. The van der Waals surface area contributed by atoms with Crippen LogP contribution in [0.4, 0.5) is 10.1 Å². The lowest BCUT2D eigenvalue weighted by atomic mass is 10.2. The number of aromatic nitrogens is 1. The van der Waals surface area contributed by atoms with E-state index in [1.165, 1.54) is 6.20 Å². The van der Waals surface area contributed by atoms with E-state index in [2.05, 4.69) is 10.3 Å². The van der Waals surface area contributed by atoms with E-state index >= 15 is 0 Å². The Balaban J connectivity index is 2.07. The van der Waals surface area contributed by atoms with Crippen LogP contribution >= 0.6 is 11.3 Å². The number of methoxy groups -OCH3 is 2. The van der Waals surface area contributed by atoms with Gasteiger partial charge in [-0.05, 0) is 23.5 Å². The average molecular weight is 295 g/mol. The fourth-order valence-corrected chi connectivity index (χ4v) is 2.23. The zero-order valence-electron chi connectivity index (χ0n) is 11.0. The van der Waals surface area contributed by atoms with Crippen molar-refractivity contribution in [3.63, 3.8) is 0 Å². The first-order valence-electron chi connectivity index (χ1n) is 5.69. The molecule has 1 aromatic carbocycles. The van der Waals surface area contributed by atoms with Gasteiger partial charge in [0.1, 0.15) is 17.7 Å². The van der Waals surface area contributed by atoms with Crippen LogP contribution < -0.4 is 14.8 Å². The van der Waals surface area contributed by atoms with Gasteiger partial charge >= 0.3 is 5.00 Å². The van der Waals surface area contributed by atoms with E-state index in [1.54, 1.807) is 20.3 Å². The van der Waals surface area contributed by atoms with Gasteiger partial charge in [-0.25, -0.2) is 4.98 Å². The van der Waals surface area contributed by atoms with Crippen molar-refractivity contribution in [2.24, 2.45) is 0 Å². The third-order valence-corrected chi connectivity index (χ3v) is 3.50. The molecule has 1 N–H and O–H groups in total. The summed E-state index contributed by atoms with van der Waals surface area (Å²) in [5.41, 5.74) is 0.908. The molecule has 0 bridgehead atoms. The van der Waals surface area contributed by atoms with Crippen LogP contribution in [0.5, 0.6) is 11.5 Å². The second kappa shape index (κ2) is 6.20. The molecule has 106 valence electrons. The largest absolute Gasteiger partial charge is 0.497 e. The first kappa shape index (κ1) is 14.1. The number of anilines is 1. The highest BCUT2D eigenvalue weighted by Gasteiger charge is 2.12. The van der Waals surface area contributed by atoms with Crippen molar-refractivity contribution in [3.8, 4) is 11.5 Å². The molecule has 0 spiro atoms. The number of nitro groups is 1. The van der Waals surface area contributed by atoms with Crippen LogP contribution in [0.1, 0.15) is 5.56 Å². The first-order valence-corrected chi connectivity index (χ1v) is 6.50. The molecule has 8 heteroatoms. The second-order valence-electron chi connectivity index (χ2n) is 3.79. The normalized spacial score (nSPS) is 10.1. The third-order valence-electron chi connectivity index (χ3n) is 2.60. The summed E-state index contributed by atoms with van der Waals surface area (Å²) in [4.78, 5) is 14.1. The molecule has 0 fully saturated rings. The zero-order chi connectivity index (χ0) is 14.5. The van der Waals surface area contributed by atoms with E-state index in [1.807, 2.05) is 12.1 Å². The fourth-order valence-electron chi connectivity index (χ4n) is 1.60. The van der Waals surface area contributed by atoms with Crippen molar-refractivity contribution >= 4 is 21.5 Å². The Labute approximate surface area is 119 Å². The van der Waals surface area contributed by atoms with Crippen LogP contribution in [0, 0.1) is 10.1 Å². The van der Waals surface area contributed by atoms with Gasteiger partial charge in [0.2, 0.25) is 0 Å². The van der Waals surface area contributed by atoms with Gasteiger partial charge in [-0.3, -0.25) is 10.1 Å². The number of thiazole rings is 1. The van der Waals surface area contributed by atoms with Gasteiger partial charge in [0.05, 0.1) is 19.1 Å². The molecule has 2 rings (SSSR count). The number of nitrogens with one attached hydrogen (secondary N) is 1. The van der Waals surface area contributed by atoms with Gasteiger partial charge in [-0.2, -0.15) is 0 Å². The highest BCUT2D eigenvalue weighted by molar-refractivity contribution is 7.18. The minimum Gasteiger partial charge on any atom is -0.497 e. The van der Waals surface area contributed by atoms with Crippen LogP contribution in [-0.2, 0) is 6.54 Å². The molecule has 1 heterocycles. The standard InChI is InChI=1S/C12H13N3O4S/c1-18-9-4-3-8(10(5-9)19-2)6-13-12-14-7-11(20-12)15(16)17/h3-5,7H,6H2,1-2H3,(H,13,14). The summed E-state index contributed by atoms with van der Waals surface area (Å²) in [6.07, 6.45) is 1.23. The predicted octanol–water partition coefficient (Wildman–Crippen LogP) is 2.68. The van der Waals surface area contributed by atoms with E-state index in [4.69, 9.17) is 9.47 Å². The van der Waals surface area contributed by atoms with Gasteiger partial charge in [0, 0.05) is 18.2 Å². The summed E-state index contributed by atoms with van der Waals surface area (Å²) < 4.78 is 10.4. The second-order valence-corrected chi connectivity index (χ2v) is 4.80. The number of benzene rings is 1. The molecule has 0 atom stereocenters. The van der Waals surface area contributed by atoms with Gasteiger partial charge < -0.3 is 14.8 Å². The smallest absolute Gasteiger partial charge is 0.345 e. The van der Waals surface area contributed by atoms with Gasteiger partial charge in [0.15, 0.2) is 5.13 Å². The number of rotatable bonds is 6. The zero-order valence-corrected chi connectivity index (χ0v) is 11.8. The predicted molar refractivity (Wildman–Crippen MR) is 75.6 cm³/mol. The van der Waals surface area contributed by atoms with Gasteiger partial charge in [-0.15, -0.1) is 0 Å². The summed E-state index contributed by atoms with van der Waals surface area (Å²) in [6, 6.07) is 5.47. The van der Waals surface area contributed by atoms with Crippen molar-refractivity contribution in [3.05, 3.63) is 40.1 Å². The molecule has 0 amide bonds. The van der Waals surface area contributed by atoms with E-state index in [0.29, 0.717) is 23.2 Å². The molecular formula is C12H13N3O4S. The summed E-state index contributed by atoms with van der Waals surface area (Å²) in [5, 5.41) is 14.1. The fraction of sp³-hybridized carbons (Fsp3) is 0.250. The molecule has 7 nitrogen and oxygen atoms in total. The maximum Gasteiger partial charge on any atom is 0.345 e. The minimum atomic E-state index is -0.461. The Bertz CT molecular complexity index is 614. The first-order chi connectivity index (χ1) is 9.63. The molecule has 0 saturated carbocycles. The number of hydrogen-bond acceptors (Lipinski definition) is 7. The van der Waals surface area contributed by atoms with Crippen molar-refractivity contribution in [1.29, 1.82) is 0 Å². The van der Waals surface area contributed by atoms with Crippen LogP contribution in [0.15, 0.2) is 24.4 Å². The molecule has 0 aliphatic heterocycles. The van der Waals surface area contributed by atoms with Crippen LogP contribution in [0.2, 0.25) is 0 Å². The van der Waals surface area contributed by atoms with Crippen molar-refractivity contribution in [1.82, 2.24) is 4.98 Å².